The quantitative estimate of drug-likeness (QED) is 0.873. The molecule has 0 unspecified atom stereocenters. The van der Waals surface area contributed by atoms with Crippen molar-refractivity contribution in [1.29, 1.82) is 5.26 Å². The molecule has 0 saturated carbocycles. The normalized spacial score (nSPS) is 9.94. The molecule has 2 aromatic rings. The first-order chi connectivity index (χ1) is 8.20. The summed E-state index contributed by atoms with van der Waals surface area (Å²) in [5.74, 6) is 0. The Balaban J connectivity index is 2.08. The van der Waals surface area contributed by atoms with Crippen LogP contribution in [0.3, 0.4) is 0 Å². The average Bonchev–Trinajstić information content (AvgIpc) is 2.69. The van der Waals surface area contributed by atoms with Crippen LogP contribution in [0.5, 0.6) is 0 Å². The summed E-state index contributed by atoms with van der Waals surface area (Å²) in [6.45, 7) is 2.73. The first-order valence-electron chi connectivity index (χ1n) is 5.40. The molecule has 4 nitrogen and oxygen atoms in total. The SMILES string of the molecule is Cc1ccncc1NCc1cc(C#N)n(C)c1. The molecule has 17 heavy (non-hydrogen) atoms. The first-order valence-corrected chi connectivity index (χ1v) is 5.40. The predicted molar refractivity (Wildman–Crippen MR) is 66.4 cm³/mol. The standard InChI is InChI=1S/C13H14N4/c1-10-3-4-15-8-13(10)16-7-11-5-12(6-14)17(2)9-11/h3-5,8-9,16H,7H2,1-2H3. The van der Waals surface area contributed by atoms with Gasteiger partial charge in [-0.3, -0.25) is 4.98 Å². The molecule has 0 bridgehead atoms. The van der Waals surface area contributed by atoms with Crippen molar-refractivity contribution in [3.63, 3.8) is 0 Å². The van der Waals surface area contributed by atoms with Gasteiger partial charge in [0.15, 0.2) is 0 Å². The Bertz CT molecular complexity index is 563. The van der Waals surface area contributed by atoms with Crippen molar-refractivity contribution in [1.82, 2.24) is 9.55 Å². The van der Waals surface area contributed by atoms with Gasteiger partial charge in [-0.25, -0.2) is 0 Å². The third-order valence-electron chi connectivity index (χ3n) is 2.70. The molecule has 2 aromatic heterocycles. The summed E-state index contributed by atoms with van der Waals surface area (Å²) in [5.41, 5.74) is 3.95. The van der Waals surface area contributed by atoms with Crippen molar-refractivity contribution in [2.45, 2.75) is 13.5 Å². The molecule has 0 radical (unpaired) electrons. The van der Waals surface area contributed by atoms with E-state index in [1.54, 1.807) is 6.20 Å². The number of nitrogens with zero attached hydrogens (tertiary/aromatic N) is 3. The maximum atomic E-state index is 8.86. The Kier molecular flexibility index (Phi) is 3.10. The van der Waals surface area contributed by atoms with Crippen LogP contribution in [0.15, 0.2) is 30.7 Å². The molecule has 0 amide bonds. The smallest absolute Gasteiger partial charge is 0.120 e. The van der Waals surface area contributed by atoms with Gasteiger partial charge in [-0.1, -0.05) is 0 Å². The van der Waals surface area contributed by atoms with Crippen LogP contribution in [0.2, 0.25) is 0 Å². The van der Waals surface area contributed by atoms with E-state index in [9.17, 15) is 0 Å². The van der Waals surface area contributed by atoms with E-state index in [0.717, 1.165) is 16.8 Å². The molecule has 86 valence electrons. The number of hydrogen-bond acceptors (Lipinski definition) is 3. The van der Waals surface area contributed by atoms with Gasteiger partial charge in [0.2, 0.25) is 0 Å². The summed E-state index contributed by atoms with van der Waals surface area (Å²) >= 11 is 0. The number of pyridine rings is 1. The second-order valence-electron chi connectivity index (χ2n) is 4.00. The predicted octanol–water partition coefficient (Wildman–Crippen LogP) is 2.21. The first kappa shape index (κ1) is 11.2. The van der Waals surface area contributed by atoms with Gasteiger partial charge in [0.05, 0.1) is 11.9 Å². The molecule has 0 aliphatic carbocycles. The lowest BCUT2D eigenvalue weighted by Gasteiger charge is -2.06. The van der Waals surface area contributed by atoms with Crippen LogP contribution >= 0.6 is 0 Å². The van der Waals surface area contributed by atoms with E-state index in [-0.39, 0.29) is 0 Å². The van der Waals surface area contributed by atoms with Crippen LogP contribution in [-0.4, -0.2) is 9.55 Å². The Morgan fingerprint density at radius 3 is 3.00 bits per heavy atom. The number of nitrogens with one attached hydrogen (secondary N) is 1. The van der Waals surface area contributed by atoms with E-state index in [1.807, 2.05) is 43.1 Å². The van der Waals surface area contributed by atoms with Crippen molar-refractivity contribution in [3.8, 4) is 6.07 Å². The van der Waals surface area contributed by atoms with E-state index < -0.39 is 0 Å². The Labute approximate surface area is 101 Å². The molecule has 0 spiro atoms. The fourth-order valence-corrected chi connectivity index (χ4v) is 1.69. The van der Waals surface area contributed by atoms with Crippen molar-refractivity contribution in [3.05, 3.63) is 47.5 Å². The number of aromatic nitrogens is 2. The Morgan fingerprint density at radius 1 is 1.53 bits per heavy atom. The van der Waals surface area contributed by atoms with Crippen molar-refractivity contribution in [2.24, 2.45) is 7.05 Å². The van der Waals surface area contributed by atoms with E-state index in [2.05, 4.69) is 16.4 Å². The summed E-state index contributed by atoms with van der Waals surface area (Å²) in [6, 6.07) is 6.00. The van der Waals surface area contributed by atoms with Crippen molar-refractivity contribution in [2.75, 3.05) is 5.32 Å². The summed E-state index contributed by atoms with van der Waals surface area (Å²) in [4.78, 5) is 4.08. The number of hydrogen-bond donors (Lipinski definition) is 1. The van der Waals surface area contributed by atoms with Gasteiger partial charge < -0.3 is 9.88 Å². The number of aryl methyl sites for hydroxylation is 2. The molecule has 0 aliphatic heterocycles. The molecule has 1 N–H and O–H groups in total. The average molecular weight is 226 g/mol. The number of rotatable bonds is 3. The Morgan fingerprint density at radius 2 is 2.35 bits per heavy atom. The largest absolute Gasteiger partial charge is 0.379 e. The summed E-state index contributed by atoms with van der Waals surface area (Å²) in [7, 11) is 1.87. The third kappa shape index (κ3) is 2.45. The van der Waals surface area contributed by atoms with Gasteiger partial charge in [0.25, 0.3) is 0 Å². The minimum Gasteiger partial charge on any atom is -0.379 e. The summed E-state index contributed by atoms with van der Waals surface area (Å²) < 4.78 is 1.83. The second-order valence-corrected chi connectivity index (χ2v) is 4.00. The molecular weight excluding hydrogens is 212 g/mol. The summed E-state index contributed by atoms with van der Waals surface area (Å²) in [6.07, 6.45) is 5.54. The van der Waals surface area contributed by atoms with Crippen LogP contribution in [0, 0.1) is 18.3 Å². The zero-order valence-electron chi connectivity index (χ0n) is 9.94. The Hall–Kier alpha value is -2.28. The lowest BCUT2D eigenvalue weighted by atomic mass is 10.2. The maximum absolute atomic E-state index is 8.86. The highest BCUT2D eigenvalue weighted by Crippen LogP contribution is 2.14. The fraction of sp³-hybridized carbons (Fsp3) is 0.231. The van der Waals surface area contributed by atoms with Crippen LogP contribution in [0.1, 0.15) is 16.8 Å². The molecule has 0 fully saturated rings. The van der Waals surface area contributed by atoms with Crippen LogP contribution in [-0.2, 0) is 13.6 Å². The fourth-order valence-electron chi connectivity index (χ4n) is 1.69. The maximum Gasteiger partial charge on any atom is 0.120 e. The van der Waals surface area contributed by atoms with E-state index in [0.29, 0.717) is 12.2 Å². The van der Waals surface area contributed by atoms with Gasteiger partial charge in [-0.15, -0.1) is 0 Å². The lowest BCUT2D eigenvalue weighted by Crippen LogP contribution is -2.00. The minimum atomic E-state index is 0.671. The van der Waals surface area contributed by atoms with Gasteiger partial charge >= 0.3 is 0 Å². The van der Waals surface area contributed by atoms with E-state index >= 15 is 0 Å². The summed E-state index contributed by atoms with van der Waals surface area (Å²) in [5, 5.41) is 12.2. The lowest BCUT2D eigenvalue weighted by molar-refractivity contribution is 0.902. The third-order valence-corrected chi connectivity index (χ3v) is 2.70. The van der Waals surface area contributed by atoms with Gasteiger partial charge in [0, 0.05) is 26.0 Å². The highest BCUT2D eigenvalue weighted by atomic mass is 14.9. The molecular formula is C13H14N4. The molecule has 0 saturated heterocycles. The molecule has 4 heteroatoms. The highest BCUT2D eigenvalue weighted by Gasteiger charge is 2.02. The zero-order valence-corrected chi connectivity index (χ0v) is 9.94. The van der Waals surface area contributed by atoms with Crippen LogP contribution < -0.4 is 5.32 Å². The monoisotopic (exact) mass is 226 g/mol. The number of anilines is 1. The number of nitriles is 1. The topological polar surface area (TPSA) is 53.6 Å². The van der Waals surface area contributed by atoms with Crippen molar-refractivity contribution < 1.29 is 0 Å². The van der Waals surface area contributed by atoms with Crippen LogP contribution in [0.4, 0.5) is 5.69 Å². The van der Waals surface area contributed by atoms with E-state index in [4.69, 9.17) is 5.26 Å². The van der Waals surface area contributed by atoms with Gasteiger partial charge in [0.1, 0.15) is 11.8 Å². The highest BCUT2D eigenvalue weighted by molar-refractivity contribution is 5.48. The van der Waals surface area contributed by atoms with Gasteiger partial charge in [-0.2, -0.15) is 5.26 Å². The van der Waals surface area contributed by atoms with Crippen molar-refractivity contribution >= 4 is 5.69 Å². The molecule has 0 aromatic carbocycles. The molecule has 0 aliphatic rings. The molecule has 0 atom stereocenters. The second kappa shape index (κ2) is 4.71. The van der Waals surface area contributed by atoms with E-state index in [1.165, 1.54) is 0 Å². The zero-order chi connectivity index (χ0) is 12.3. The molecule has 2 rings (SSSR count). The minimum absolute atomic E-state index is 0.671. The molecule has 2 heterocycles. The van der Waals surface area contributed by atoms with Gasteiger partial charge in [-0.05, 0) is 30.2 Å². The van der Waals surface area contributed by atoms with Crippen LogP contribution in [0.25, 0.3) is 0 Å².